The second kappa shape index (κ2) is 7.87. The van der Waals surface area contributed by atoms with Crippen LogP contribution in [0.2, 0.25) is 0 Å². The number of nitrogens with one attached hydrogen (secondary N) is 1. The standard InChI is InChI=1S/C17H20BrNS/c1-13-5-3-8-17(9-13)20-12-16(19-2)11-14-6-4-7-15(18)10-14/h3-10,16,19H,11-12H2,1-2H3. The predicted molar refractivity (Wildman–Crippen MR) is 92.6 cm³/mol. The Morgan fingerprint density at radius 2 is 1.95 bits per heavy atom. The Morgan fingerprint density at radius 3 is 2.65 bits per heavy atom. The molecule has 1 N–H and O–H groups in total. The SMILES string of the molecule is CNC(CSc1cccc(C)c1)Cc1cccc(Br)c1. The van der Waals surface area contributed by atoms with Gasteiger partial charge in [-0.25, -0.2) is 0 Å². The van der Waals surface area contributed by atoms with Crippen molar-refractivity contribution >= 4 is 27.7 Å². The van der Waals surface area contributed by atoms with E-state index in [1.807, 2.05) is 18.8 Å². The lowest BCUT2D eigenvalue weighted by molar-refractivity contribution is 0.617. The van der Waals surface area contributed by atoms with E-state index in [-0.39, 0.29) is 0 Å². The molecule has 20 heavy (non-hydrogen) atoms. The van der Waals surface area contributed by atoms with Gasteiger partial charge in [0, 0.05) is 21.2 Å². The average molecular weight is 350 g/mol. The molecule has 2 aromatic rings. The maximum atomic E-state index is 3.53. The number of likely N-dealkylation sites (N-methyl/N-ethyl adjacent to an activating group) is 1. The van der Waals surface area contributed by atoms with Gasteiger partial charge in [-0.15, -0.1) is 11.8 Å². The van der Waals surface area contributed by atoms with Crippen molar-refractivity contribution in [1.82, 2.24) is 5.32 Å². The second-order valence-corrected chi connectivity index (χ2v) is 6.96. The van der Waals surface area contributed by atoms with E-state index < -0.39 is 0 Å². The lowest BCUT2D eigenvalue weighted by atomic mass is 10.1. The molecule has 0 bridgehead atoms. The van der Waals surface area contributed by atoms with Gasteiger partial charge in [0.1, 0.15) is 0 Å². The molecule has 0 spiro atoms. The highest BCUT2D eigenvalue weighted by Crippen LogP contribution is 2.21. The number of hydrogen-bond acceptors (Lipinski definition) is 2. The summed E-state index contributed by atoms with van der Waals surface area (Å²) >= 11 is 5.45. The smallest absolute Gasteiger partial charge is 0.0199 e. The zero-order chi connectivity index (χ0) is 14.4. The molecule has 0 amide bonds. The maximum absolute atomic E-state index is 3.53. The zero-order valence-electron chi connectivity index (χ0n) is 11.9. The molecule has 0 saturated heterocycles. The van der Waals surface area contributed by atoms with Gasteiger partial charge in [-0.05, 0) is 50.2 Å². The molecule has 0 fully saturated rings. The first-order chi connectivity index (χ1) is 9.67. The summed E-state index contributed by atoms with van der Waals surface area (Å²) in [7, 11) is 2.04. The summed E-state index contributed by atoms with van der Waals surface area (Å²) in [4.78, 5) is 1.35. The largest absolute Gasteiger partial charge is 0.316 e. The summed E-state index contributed by atoms with van der Waals surface area (Å²) in [5.74, 6) is 1.08. The van der Waals surface area contributed by atoms with E-state index in [1.165, 1.54) is 16.0 Å². The van der Waals surface area contributed by atoms with Gasteiger partial charge >= 0.3 is 0 Å². The van der Waals surface area contributed by atoms with Crippen LogP contribution in [0, 0.1) is 6.92 Å². The Balaban J connectivity index is 1.92. The summed E-state index contributed by atoms with van der Waals surface area (Å²) < 4.78 is 1.15. The normalized spacial score (nSPS) is 12.3. The highest BCUT2D eigenvalue weighted by Gasteiger charge is 2.08. The molecule has 106 valence electrons. The van der Waals surface area contributed by atoms with Gasteiger partial charge in [0.2, 0.25) is 0 Å². The first kappa shape index (κ1) is 15.6. The molecule has 0 aliphatic heterocycles. The third-order valence-electron chi connectivity index (χ3n) is 3.22. The molecular weight excluding hydrogens is 330 g/mol. The number of halogens is 1. The van der Waals surface area contributed by atoms with Crippen molar-refractivity contribution in [3.8, 4) is 0 Å². The molecule has 0 aliphatic carbocycles. The molecule has 1 atom stereocenters. The Labute approximate surface area is 134 Å². The van der Waals surface area contributed by atoms with Gasteiger partial charge in [0.25, 0.3) is 0 Å². The average Bonchev–Trinajstić information content (AvgIpc) is 2.43. The van der Waals surface area contributed by atoms with E-state index in [0.29, 0.717) is 6.04 Å². The van der Waals surface area contributed by atoms with Crippen molar-refractivity contribution in [2.45, 2.75) is 24.3 Å². The minimum absolute atomic E-state index is 0.481. The van der Waals surface area contributed by atoms with Gasteiger partial charge in [-0.2, -0.15) is 0 Å². The van der Waals surface area contributed by atoms with Crippen LogP contribution in [-0.2, 0) is 6.42 Å². The second-order valence-electron chi connectivity index (χ2n) is 4.95. The summed E-state index contributed by atoms with van der Waals surface area (Å²) in [6.45, 7) is 2.14. The van der Waals surface area contributed by atoms with Crippen LogP contribution in [0.4, 0.5) is 0 Å². The molecule has 0 aliphatic rings. The van der Waals surface area contributed by atoms with Crippen LogP contribution in [0.3, 0.4) is 0 Å². The monoisotopic (exact) mass is 349 g/mol. The van der Waals surface area contributed by atoms with Gasteiger partial charge < -0.3 is 5.32 Å². The maximum Gasteiger partial charge on any atom is 0.0199 e. The van der Waals surface area contributed by atoms with Crippen molar-refractivity contribution < 1.29 is 0 Å². The quantitative estimate of drug-likeness (QED) is 0.759. The molecule has 0 aromatic heterocycles. The molecule has 1 unspecified atom stereocenters. The van der Waals surface area contributed by atoms with E-state index in [9.17, 15) is 0 Å². The van der Waals surface area contributed by atoms with Crippen LogP contribution in [0.15, 0.2) is 57.9 Å². The predicted octanol–water partition coefficient (Wildman–Crippen LogP) is 4.68. The molecule has 0 heterocycles. The molecule has 0 radical (unpaired) electrons. The van der Waals surface area contributed by atoms with E-state index in [1.54, 1.807) is 0 Å². The van der Waals surface area contributed by atoms with Crippen molar-refractivity contribution in [3.05, 3.63) is 64.1 Å². The fraction of sp³-hybridized carbons (Fsp3) is 0.294. The van der Waals surface area contributed by atoms with Crippen LogP contribution in [0.1, 0.15) is 11.1 Å². The molecular formula is C17H20BrNS. The topological polar surface area (TPSA) is 12.0 Å². The third-order valence-corrected chi connectivity index (χ3v) is 4.87. The minimum Gasteiger partial charge on any atom is -0.316 e. The third kappa shape index (κ3) is 4.97. The van der Waals surface area contributed by atoms with Gasteiger partial charge in [0.05, 0.1) is 0 Å². The van der Waals surface area contributed by atoms with Gasteiger partial charge in [-0.3, -0.25) is 0 Å². The molecule has 2 rings (SSSR count). The van der Waals surface area contributed by atoms with Crippen LogP contribution < -0.4 is 5.32 Å². The number of rotatable bonds is 6. The summed E-state index contributed by atoms with van der Waals surface area (Å²) in [5.41, 5.74) is 2.69. The first-order valence-corrected chi connectivity index (χ1v) is 8.56. The number of benzene rings is 2. The van der Waals surface area contributed by atoms with E-state index in [4.69, 9.17) is 0 Å². The highest BCUT2D eigenvalue weighted by atomic mass is 79.9. The number of thioether (sulfide) groups is 1. The Kier molecular flexibility index (Phi) is 6.14. The van der Waals surface area contributed by atoms with Crippen molar-refractivity contribution in [3.63, 3.8) is 0 Å². The van der Waals surface area contributed by atoms with Crippen molar-refractivity contribution in [2.24, 2.45) is 0 Å². The van der Waals surface area contributed by atoms with E-state index in [0.717, 1.165) is 16.6 Å². The van der Waals surface area contributed by atoms with Gasteiger partial charge in [0.15, 0.2) is 0 Å². The van der Waals surface area contributed by atoms with Crippen LogP contribution in [-0.4, -0.2) is 18.8 Å². The molecule has 0 saturated carbocycles. The first-order valence-electron chi connectivity index (χ1n) is 6.78. The molecule has 3 heteroatoms. The van der Waals surface area contributed by atoms with E-state index in [2.05, 4.69) is 76.7 Å². The Morgan fingerprint density at radius 1 is 1.15 bits per heavy atom. The van der Waals surface area contributed by atoms with Crippen LogP contribution in [0.5, 0.6) is 0 Å². The summed E-state index contributed by atoms with van der Waals surface area (Å²) in [6.07, 6.45) is 1.05. The van der Waals surface area contributed by atoms with Crippen LogP contribution >= 0.6 is 27.7 Å². The minimum atomic E-state index is 0.481. The fourth-order valence-electron chi connectivity index (χ4n) is 2.09. The highest BCUT2D eigenvalue weighted by molar-refractivity contribution is 9.10. The van der Waals surface area contributed by atoms with Crippen molar-refractivity contribution in [1.29, 1.82) is 0 Å². The summed E-state index contributed by atoms with van der Waals surface area (Å²) in [6, 6.07) is 17.7. The lowest BCUT2D eigenvalue weighted by Crippen LogP contribution is -2.30. The molecule has 2 aromatic carbocycles. The van der Waals surface area contributed by atoms with Crippen molar-refractivity contribution in [2.75, 3.05) is 12.8 Å². The van der Waals surface area contributed by atoms with Crippen LogP contribution in [0.25, 0.3) is 0 Å². The lowest BCUT2D eigenvalue weighted by Gasteiger charge is -2.16. The fourth-order valence-corrected chi connectivity index (χ4v) is 3.66. The number of aryl methyl sites for hydroxylation is 1. The van der Waals surface area contributed by atoms with Gasteiger partial charge in [-0.1, -0.05) is 45.8 Å². The Bertz CT molecular complexity index is 556. The van der Waals surface area contributed by atoms with E-state index >= 15 is 0 Å². The number of hydrogen-bond donors (Lipinski definition) is 1. The summed E-state index contributed by atoms with van der Waals surface area (Å²) in [5, 5.41) is 3.42. The Hall–Kier alpha value is -0.770. The molecule has 1 nitrogen and oxygen atoms in total. The zero-order valence-corrected chi connectivity index (χ0v) is 14.3.